The number of esters is 1. The van der Waals surface area contributed by atoms with Crippen molar-refractivity contribution in [1.82, 2.24) is 10.6 Å². The van der Waals surface area contributed by atoms with Crippen LogP contribution in [0, 0.1) is 5.92 Å². The first-order valence-corrected chi connectivity index (χ1v) is 8.52. The third-order valence-corrected chi connectivity index (χ3v) is 4.07. The lowest BCUT2D eigenvalue weighted by molar-refractivity contribution is -0.150. The molecule has 6 nitrogen and oxygen atoms in total. The highest BCUT2D eigenvalue weighted by molar-refractivity contribution is 9.10. The molecule has 2 atom stereocenters. The molecule has 2 N–H and O–H groups in total. The molecule has 0 aliphatic heterocycles. The van der Waals surface area contributed by atoms with Crippen LogP contribution in [0.25, 0.3) is 0 Å². The van der Waals surface area contributed by atoms with E-state index in [0.717, 1.165) is 4.47 Å². The summed E-state index contributed by atoms with van der Waals surface area (Å²) in [7, 11) is 0. The summed E-state index contributed by atoms with van der Waals surface area (Å²) in [5, 5.41) is 5.28. The molecular weight excluding hydrogens is 376 g/mol. The minimum Gasteiger partial charge on any atom is -0.454 e. The van der Waals surface area contributed by atoms with Crippen LogP contribution in [0.5, 0.6) is 0 Å². The van der Waals surface area contributed by atoms with Crippen molar-refractivity contribution in [3.63, 3.8) is 0 Å². The molecule has 1 aromatic rings. The molecule has 0 saturated carbocycles. The molecule has 2 amide bonds. The number of hydrogen-bond acceptors (Lipinski definition) is 4. The molecule has 1 aromatic carbocycles. The molecule has 7 heteroatoms. The van der Waals surface area contributed by atoms with Crippen LogP contribution in [-0.2, 0) is 14.3 Å². The van der Waals surface area contributed by atoms with Crippen LogP contribution in [0.15, 0.2) is 28.7 Å². The first kappa shape index (κ1) is 20.2. The summed E-state index contributed by atoms with van der Waals surface area (Å²) in [4.78, 5) is 35.6. The van der Waals surface area contributed by atoms with Crippen molar-refractivity contribution in [3.05, 3.63) is 34.3 Å². The molecule has 24 heavy (non-hydrogen) atoms. The van der Waals surface area contributed by atoms with Gasteiger partial charge in [0, 0.05) is 16.1 Å². The second kappa shape index (κ2) is 9.42. The molecule has 132 valence electrons. The standard InChI is InChI=1S/C17H23BrN2O4/c1-10(2)11(3)19-15(21)9-24-17(23)12(4)20-16(22)13-5-7-14(18)8-6-13/h5-8,10-12H,9H2,1-4H3,(H,19,21)(H,20,22)/t11-,12+/m1/s1. The summed E-state index contributed by atoms with van der Waals surface area (Å²) in [6.45, 7) is 6.99. The van der Waals surface area contributed by atoms with Gasteiger partial charge in [-0.25, -0.2) is 4.79 Å². The Labute approximate surface area is 150 Å². The molecule has 0 saturated heterocycles. The normalized spacial score (nSPS) is 13.1. The van der Waals surface area contributed by atoms with Crippen LogP contribution in [0.3, 0.4) is 0 Å². The summed E-state index contributed by atoms with van der Waals surface area (Å²) in [6.07, 6.45) is 0. The molecule has 0 aliphatic rings. The smallest absolute Gasteiger partial charge is 0.328 e. The van der Waals surface area contributed by atoms with E-state index < -0.39 is 12.0 Å². The molecule has 0 radical (unpaired) electrons. The van der Waals surface area contributed by atoms with Crippen molar-refractivity contribution in [2.24, 2.45) is 5.92 Å². The van der Waals surface area contributed by atoms with Crippen LogP contribution in [0.2, 0.25) is 0 Å². The highest BCUT2D eigenvalue weighted by Crippen LogP contribution is 2.10. The Morgan fingerprint density at radius 2 is 1.62 bits per heavy atom. The van der Waals surface area contributed by atoms with Gasteiger partial charge in [-0.05, 0) is 44.0 Å². The van der Waals surface area contributed by atoms with E-state index in [1.165, 1.54) is 6.92 Å². The molecule has 0 unspecified atom stereocenters. The van der Waals surface area contributed by atoms with Crippen molar-refractivity contribution in [1.29, 1.82) is 0 Å². The highest BCUT2D eigenvalue weighted by atomic mass is 79.9. The van der Waals surface area contributed by atoms with Crippen LogP contribution >= 0.6 is 15.9 Å². The number of rotatable bonds is 7. The molecule has 0 aliphatic carbocycles. The Kier molecular flexibility index (Phi) is 7.91. The number of ether oxygens (including phenoxy) is 1. The summed E-state index contributed by atoms with van der Waals surface area (Å²) < 4.78 is 5.78. The summed E-state index contributed by atoms with van der Waals surface area (Å²) in [5.41, 5.74) is 0.432. The first-order chi connectivity index (χ1) is 11.2. The van der Waals surface area contributed by atoms with E-state index in [9.17, 15) is 14.4 Å². The predicted octanol–water partition coefficient (Wildman–Crippen LogP) is 2.27. The Hall–Kier alpha value is -1.89. The Bertz CT molecular complexity index is 587. The maximum absolute atomic E-state index is 12.0. The third kappa shape index (κ3) is 6.70. The van der Waals surface area contributed by atoms with Crippen molar-refractivity contribution in [2.75, 3.05) is 6.61 Å². The van der Waals surface area contributed by atoms with Gasteiger partial charge in [0.25, 0.3) is 11.8 Å². The lowest BCUT2D eigenvalue weighted by Crippen LogP contribution is -2.42. The summed E-state index contributed by atoms with van der Waals surface area (Å²) in [5.74, 6) is -1.12. The zero-order valence-corrected chi connectivity index (χ0v) is 15.8. The Morgan fingerprint density at radius 3 is 2.17 bits per heavy atom. The average molecular weight is 399 g/mol. The van der Waals surface area contributed by atoms with Crippen molar-refractivity contribution in [3.8, 4) is 0 Å². The van der Waals surface area contributed by atoms with Crippen LogP contribution < -0.4 is 10.6 Å². The predicted molar refractivity (Wildman–Crippen MR) is 94.5 cm³/mol. The zero-order valence-electron chi connectivity index (χ0n) is 14.3. The van der Waals surface area contributed by atoms with E-state index in [1.807, 2.05) is 20.8 Å². The summed E-state index contributed by atoms with van der Waals surface area (Å²) in [6, 6.07) is 5.88. The number of halogens is 1. The SMILES string of the molecule is CC(C)[C@@H](C)NC(=O)COC(=O)[C@H](C)NC(=O)c1ccc(Br)cc1. The van der Waals surface area contributed by atoms with Gasteiger partial charge in [-0.3, -0.25) is 9.59 Å². The van der Waals surface area contributed by atoms with E-state index >= 15 is 0 Å². The average Bonchev–Trinajstić information content (AvgIpc) is 2.52. The van der Waals surface area contributed by atoms with Crippen molar-refractivity contribution < 1.29 is 19.1 Å². The molecule has 0 heterocycles. The summed E-state index contributed by atoms with van der Waals surface area (Å²) >= 11 is 3.28. The van der Waals surface area contributed by atoms with E-state index in [4.69, 9.17) is 4.74 Å². The lowest BCUT2D eigenvalue weighted by Gasteiger charge is -2.18. The number of amides is 2. The van der Waals surface area contributed by atoms with E-state index in [-0.39, 0.29) is 30.4 Å². The second-order valence-corrected chi connectivity index (χ2v) is 6.83. The number of carbonyl (C=O) groups is 3. The molecule has 0 bridgehead atoms. The van der Waals surface area contributed by atoms with E-state index in [1.54, 1.807) is 24.3 Å². The fraction of sp³-hybridized carbons (Fsp3) is 0.471. The minimum atomic E-state index is -0.850. The van der Waals surface area contributed by atoms with Crippen LogP contribution in [-0.4, -0.2) is 36.5 Å². The maximum atomic E-state index is 12.0. The highest BCUT2D eigenvalue weighted by Gasteiger charge is 2.19. The molecule has 0 aromatic heterocycles. The lowest BCUT2D eigenvalue weighted by atomic mass is 10.1. The topological polar surface area (TPSA) is 84.5 Å². The second-order valence-electron chi connectivity index (χ2n) is 5.91. The van der Waals surface area contributed by atoms with Gasteiger partial charge >= 0.3 is 5.97 Å². The molecule has 0 fully saturated rings. The monoisotopic (exact) mass is 398 g/mol. The van der Waals surface area contributed by atoms with Gasteiger partial charge in [-0.1, -0.05) is 29.8 Å². The largest absolute Gasteiger partial charge is 0.454 e. The fourth-order valence-corrected chi connectivity index (χ4v) is 1.93. The van der Waals surface area contributed by atoms with Crippen molar-refractivity contribution >= 4 is 33.7 Å². The molecular formula is C17H23BrN2O4. The number of carbonyl (C=O) groups excluding carboxylic acids is 3. The van der Waals surface area contributed by atoms with E-state index in [2.05, 4.69) is 26.6 Å². The molecule has 1 rings (SSSR count). The van der Waals surface area contributed by atoms with Gasteiger partial charge in [0.15, 0.2) is 6.61 Å². The van der Waals surface area contributed by atoms with Crippen molar-refractivity contribution in [2.45, 2.75) is 39.8 Å². The molecule has 0 spiro atoms. The Balaban J connectivity index is 2.43. The fourth-order valence-electron chi connectivity index (χ4n) is 1.66. The number of nitrogens with one attached hydrogen (secondary N) is 2. The van der Waals surface area contributed by atoms with Crippen LogP contribution in [0.4, 0.5) is 0 Å². The minimum absolute atomic E-state index is 0.00858. The maximum Gasteiger partial charge on any atom is 0.328 e. The van der Waals surface area contributed by atoms with Gasteiger partial charge in [-0.2, -0.15) is 0 Å². The van der Waals surface area contributed by atoms with Gasteiger partial charge < -0.3 is 15.4 Å². The zero-order chi connectivity index (χ0) is 18.3. The third-order valence-electron chi connectivity index (χ3n) is 3.54. The first-order valence-electron chi connectivity index (χ1n) is 7.73. The number of benzene rings is 1. The Morgan fingerprint density at radius 1 is 1.04 bits per heavy atom. The van der Waals surface area contributed by atoms with E-state index in [0.29, 0.717) is 5.56 Å². The van der Waals surface area contributed by atoms with Gasteiger partial charge in [0.2, 0.25) is 0 Å². The van der Waals surface area contributed by atoms with Crippen LogP contribution in [0.1, 0.15) is 38.1 Å². The van der Waals surface area contributed by atoms with Gasteiger partial charge in [0.1, 0.15) is 6.04 Å². The quantitative estimate of drug-likeness (QED) is 0.689. The van der Waals surface area contributed by atoms with Gasteiger partial charge in [0.05, 0.1) is 0 Å². The van der Waals surface area contributed by atoms with Gasteiger partial charge in [-0.15, -0.1) is 0 Å². The number of hydrogen-bond donors (Lipinski definition) is 2.